The molecule has 41 heavy (non-hydrogen) atoms. The molecule has 0 aromatic heterocycles. The number of anilines is 1. The number of ether oxygens (including phenoxy) is 3. The molecule has 0 aliphatic rings. The highest BCUT2D eigenvalue weighted by molar-refractivity contribution is 6.04. The van der Waals surface area contributed by atoms with Gasteiger partial charge in [-0.15, -0.1) is 13.2 Å². The molecule has 1 N–H and O–H groups in total. The molecular formula is C23H18F13NO4. The first-order valence-corrected chi connectivity index (χ1v) is 11.1. The second kappa shape index (κ2) is 11.9. The summed E-state index contributed by atoms with van der Waals surface area (Å²) in [7, 11) is 0. The fourth-order valence-electron chi connectivity index (χ4n) is 2.89. The Balaban J connectivity index is 2.28. The fourth-order valence-corrected chi connectivity index (χ4v) is 2.89. The maximum atomic E-state index is 14.5. The van der Waals surface area contributed by atoms with Gasteiger partial charge in [0.2, 0.25) is 0 Å². The van der Waals surface area contributed by atoms with Crippen molar-refractivity contribution in [3.63, 3.8) is 0 Å². The molecule has 230 valence electrons. The largest absolute Gasteiger partial charge is 0.527 e. The summed E-state index contributed by atoms with van der Waals surface area (Å²) in [5.41, 5.74) is -2.70. The van der Waals surface area contributed by atoms with Crippen LogP contribution in [0, 0.1) is 0 Å². The second-order valence-electron chi connectivity index (χ2n) is 8.11. The quantitative estimate of drug-likeness (QED) is 0.182. The smallest absolute Gasteiger partial charge is 0.494 e. The number of benzene rings is 2. The van der Waals surface area contributed by atoms with Crippen molar-refractivity contribution >= 4 is 11.6 Å². The number of hydrogen-bond donors (Lipinski definition) is 1. The standard InChI is InChI=1S/C23H18F13NO4/c1-2-3-10-39-16-9-4-6-13(11-16)17(38)37-15-8-5-7-14(12-15)18(24,25)20(28,29)40-21(30,31)19(26,27)22(32,33)41-23(34,35)36/h4-9,11-12H,2-3,10H2,1H3,(H,37,38). The van der Waals surface area contributed by atoms with Crippen LogP contribution in [0.5, 0.6) is 5.75 Å². The monoisotopic (exact) mass is 619 g/mol. The van der Waals surface area contributed by atoms with Crippen LogP contribution in [-0.2, 0) is 15.4 Å². The molecule has 2 aromatic carbocycles. The predicted octanol–water partition coefficient (Wildman–Crippen LogP) is 8.18. The maximum Gasteiger partial charge on any atom is 0.527 e. The molecule has 0 spiro atoms. The normalized spacial score (nSPS) is 13.7. The van der Waals surface area contributed by atoms with E-state index in [-0.39, 0.29) is 23.4 Å². The van der Waals surface area contributed by atoms with E-state index in [0.717, 1.165) is 12.5 Å². The Kier molecular flexibility index (Phi) is 9.85. The van der Waals surface area contributed by atoms with Gasteiger partial charge in [0, 0.05) is 16.8 Å². The van der Waals surface area contributed by atoms with E-state index in [1.807, 2.05) is 12.2 Å². The third-order valence-corrected chi connectivity index (χ3v) is 4.94. The predicted molar refractivity (Wildman–Crippen MR) is 113 cm³/mol. The van der Waals surface area contributed by atoms with Gasteiger partial charge in [-0.3, -0.25) is 4.79 Å². The topological polar surface area (TPSA) is 56.8 Å². The summed E-state index contributed by atoms with van der Waals surface area (Å²) in [5.74, 6) is -14.3. The third kappa shape index (κ3) is 7.93. The van der Waals surface area contributed by atoms with Crippen molar-refractivity contribution in [2.24, 2.45) is 0 Å². The highest BCUT2D eigenvalue weighted by Gasteiger charge is 2.80. The van der Waals surface area contributed by atoms with Gasteiger partial charge in [0.25, 0.3) is 5.91 Å². The number of amides is 1. The molecule has 0 fully saturated rings. The molecule has 0 heterocycles. The van der Waals surface area contributed by atoms with Crippen molar-refractivity contribution in [3.05, 3.63) is 59.7 Å². The molecule has 0 aliphatic carbocycles. The number of rotatable bonds is 13. The van der Waals surface area contributed by atoms with E-state index in [2.05, 4.69) is 4.74 Å². The van der Waals surface area contributed by atoms with Crippen molar-refractivity contribution in [1.29, 1.82) is 0 Å². The molecule has 2 aromatic rings. The van der Waals surface area contributed by atoms with Crippen LogP contribution in [0.3, 0.4) is 0 Å². The fraction of sp³-hybridized carbons (Fsp3) is 0.435. The Morgan fingerprint density at radius 1 is 0.756 bits per heavy atom. The van der Waals surface area contributed by atoms with Crippen LogP contribution in [0.2, 0.25) is 0 Å². The summed E-state index contributed by atoms with van der Waals surface area (Å²) in [6, 6.07) is 7.07. The summed E-state index contributed by atoms with van der Waals surface area (Å²) in [6.07, 6.45) is -26.5. The lowest BCUT2D eigenvalue weighted by Gasteiger charge is -2.35. The van der Waals surface area contributed by atoms with Crippen LogP contribution >= 0.6 is 0 Å². The van der Waals surface area contributed by atoms with E-state index < -0.39 is 53.7 Å². The Labute approximate surface area is 222 Å². The molecule has 2 rings (SSSR count). The maximum absolute atomic E-state index is 14.5. The van der Waals surface area contributed by atoms with Gasteiger partial charge >= 0.3 is 36.5 Å². The van der Waals surface area contributed by atoms with Gasteiger partial charge in [-0.05, 0) is 36.8 Å². The molecule has 0 aliphatic heterocycles. The molecule has 5 nitrogen and oxygen atoms in total. The van der Waals surface area contributed by atoms with Gasteiger partial charge in [0.05, 0.1) is 6.61 Å². The van der Waals surface area contributed by atoms with Gasteiger partial charge in [-0.2, -0.15) is 43.9 Å². The van der Waals surface area contributed by atoms with E-state index >= 15 is 0 Å². The molecule has 1 amide bonds. The van der Waals surface area contributed by atoms with Gasteiger partial charge in [0.1, 0.15) is 5.75 Å². The Bertz CT molecular complexity index is 1200. The summed E-state index contributed by atoms with van der Waals surface area (Å²) < 4.78 is 182. The van der Waals surface area contributed by atoms with Gasteiger partial charge in [-0.1, -0.05) is 31.5 Å². The van der Waals surface area contributed by atoms with E-state index in [4.69, 9.17) is 4.74 Å². The van der Waals surface area contributed by atoms with E-state index in [9.17, 15) is 61.9 Å². The van der Waals surface area contributed by atoms with Crippen molar-refractivity contribution in [1.82, 2.24) is 0 Å². The van der Waals surface area contributed by atoms with Crippen LogP contribution in [0.15, 0.2) is 48.5 Å². The zero-order chi connectivity index (χ0) is 31.5. The minimum absolute atomic E-state index is 0.0917. The number of carbonyl (C=O) groups excluding carboxylic acids is 1. The van der Waals surface area contributed by atoms with Gasteiger partial charge in [-0.25, -0.2) is 9.47 Å². The van der Waals surface area contributed by atoms with Crippen molar-refractivity contribution in [2.75, 3.05) is 11.9 Å². The molecule has 18 heteroatoms. The minimum Gasteiger partial charge on any atom is -0.494 e. The first-order chi connectivity index (χ1) is 18.6. The van der Waals surface area contributed by atoms with Crippen LogP contribution in [-0.4, -0.2) is 43.1 Å². The van der Waals surface area contributed by atoms with Crippen LogP contribution in [0.1, 0.15) is 35.7 Å². The number of hydrogen-bond acceptors (Lipinski definition) is 4. The summed E-state index contributed by atoms with van der Waals surface area (Å²) in [5, 5.41) is 2.03. The molecular weight excluding hydrogens is 601 g/mol. The number of nitrogens with one attached hydrogen (secondary N) is 1. The lowest BCUT2D eigenvalue weighted by molar-refractivity contribution is -0.535. The first kappa shape index (κ1) is 33.9. The number of carbonyl (C=O) groups is 1. The van der Waals surface area contributed by atoms with Gasteiger partial charge < -0.3 is 10.1 Å². The number of unbranched alkanes of at least 4 members (excludes halogenated alkanes) is 1. The van der Waals surface area contributed by atoms with Crippen LogP contribution < -0.4 is 10.1 Å². The molecule has 0 unspecified atom stereocenters. The first-order valence-electron chi connectivity index (χ1n) is 11.1. The zero-order valence-electron chi connectivity index (χ0n) is 20.3. The highest BCUT2D eigenvalue weighted by Crippen LogP contribution is 2.54. The number of halogens is 13. The molecule has 0 atom stereocenters. The highest BCUT2D eigenvalue weighted by atomic mass is 19.4. The third-order valence-electron chi connectivity index (χ3n) is 4.94. The Hall–Kier alpha value is -3.28. The van der Waals surface area contributed by atoms with Crippen LogP contribution in [0.25, 0.3) is 0 Å². The van der Waals surface area contributed by atoms with Crippen molar-refractivity contribution < 1.29 is 76.1 Å². The zero-order valence-corrected chi connectivity index (χ0v) is 20.3. The van der Waals surface area contributed by atoms with E-state index in [1.54, 1.807) is 4.74 Å². The Morgan fingerprint density at radius 2 is 1.34 bits per heavy atom. The molecule has 0 saturated heterocycles. The summed E-state index contributed by atoms with van der Waals surface area (Å²) >= 11 is 0. The number of alkyl halides is 13. The summed E-state index contributed by atoms with van der Waals surface area (Å²) in [6.45, 7) is 2.19. The lowest BCUT2D eigenvalue weighted by Crippen LogP contribution is -2.61. The average Bonchev–Trinajstić information content (AvgIpc) is 2.82. The van der Waals surface area contributed by atoms with E-state index in [0.29, 0.717) is 19.1 Å². The average molecular weight is 619 g/mol. The lowest BCUT2D eigenvalue weighted by atomic mass is 10.1. The second-order valence-corrected chi connectivity index (χ2v) is 8.11. The minimum atomic E-state index is -7.53. The van der Waals surface area contributed by atoms with Crippen molar-refractivity contribution in [3.8, 4) is 5.75 Å². The molecule has 0 radical (unpaired) electrons. The van der Waals surface area contributed by atoms with Crippen LogP contribution in [0.4, 0.5) is 62.8 Å². The summed E-state index contributed by atoms with van der Waals surface area (Å²) in [4.78, 5) is 12.5. The van der Waals surface area contributed by atoms with Crippen molar-refractivity contribution in [2.45, 2.75) is 56.3 Å². The van der Waals surface area contributed by atoms with Gasteiger partial charge in [0.15, 0.2) is 0 Å². The van der Waals surface area contributed by atoms with E-state index in [1.165, 1.54) is 24.3 Å². The molecule has 0 bridgehead atoms. The SMILES string of the molecule is CCCCOc1cccc(C(=O)Nc2cccc(C(F)(F)C(F)(F)OC(F)(F)C(F)(F)C(F)(F)OC(F)(F)F)c2)c1. The Morgan fingerprint density at radius 3 is 1.93 bits per heavy atom. The molecule has 0 saturated carbocycles.